The van der Waals surface area contributed by atoms with Crippen molar-refractivity contribution in [3.8, 4) is 0 Å². The molecule has 142 valence electrons. The molecule has 2 bridgehead atoms. The largest absolute Gasteiger partial charge is 0.481 e. The third kappa shape index (κ3) is 6.59. The SMILES string of the molecule is CCCCCC(O)/C=C/C1C2CC(CO2)C1C/C=C/CCCC(=O)O. The third-order valence-electron chi connectivity index (χ3n) is 5.58. The van der Waals surface area contributed by atoms with E-state index in [1.165, 1.54) is 12.8 Å². The van der Waals surface area contributed by atoms with Gasteiger partial charge in [0.15, 0.2) is 0 Å². The summed E-state index contributed by atoms with van der Waals surface area (Å²) in [6.45, 7) is 3.04. The number of carbonyl (C=O) groups is 1. The summed E-state index contributed by atoms with van der Waals surface area (Å²) in [5.41, 5.74) is 0. The van der Waals surface area contributed by atoms with Crippen LogP contribution in [0, 0.1) is 17.8 Å². The molecule has 25 heavy (non-hydrogen) atoms. The van der Waals surface area contributed by atoms with Crippen molar-refractivity contribution in [2.45, 2.75) is 76.9 Å². The molecule has 0 spiro atoms. The van der Waals surface area contributed by atoms with E-state index in [9.17, 15) is 9.90 Å². The third-order valence-corrected chi connectivity index (χ3v) is 5.58. The fraction of sp³-hybridized carbons (Fsp3) is 0.762. The number of aliphatic carboxylic acids is 1. The first-order valence-electron chi connectivity index (χ1n) is 9.96. The lowest BCUT2D eigenvalue weighted by Crippen LogP contribution is -2.27. The summed E-state index contributed by atoms with van der Waals surface area (Å²) in [6, 6.07) is 0. The molecule has 0 amide bonds. The van der Waals surface area contributed by atoms with Gasteiger partial charge in [-0.3, -0.25) is 4.79 Å². The minimum Gasteiger partial charge on any atom is -0.481 e. The molecule has 4 heteroatoms. The molecule has 4 nitrogen and oxygen atoms in total. The Morgan fingerprint density at radius 1 is 1.28 bits per heavy atom. The topological polar surface area (TPSA) is 66.8 Å². The van der Waals surface area contributed by atoms with Crippen molar-refractivity contribution in [1.82, 2.24) is 0 Å². The number of allylic oxidation sites excluding steroid dienone is 2. The fourth-order valence-electron chi connectivity index (χ4n) is 4.15. The van der Waals surface area contributed by atoms with Crippen LogP contribution in [0.3, 0.4) is 0 Å². The van der Waals surface area contributed by atoms with Crippen molar-refractivity contribution < 1.29 is 19.7 Å². The normalized spacial score (nSPS) is 29.8. The highest BCUT2D eigenvalue weighted by Crippen LogP contribution is 2.47. The van der Waals surface area contributed by atoms with Gasteiger partial charge in [0, 0.05) is 12.3 Å². The highest BCUT2D eigenvalue weighted by Gasteiger charge is 2.46. The quantitative estimate of drug-likeness (QED) is 0.406. The summed E-state index contributed by atoms with van der Waals surface area (Å²) in [6.07, 6.45) is 16.7. The lowest BCUT2D eigenvalue weighted by atomic mass is 9.84. The summed E-state index contributed by atoms with van der Waals surface area (Å²) in [5, 5.41) is 18.8. The molecule has 5 atom stereocenters. The van der Waals surface area contributed by atoms with Gasteiger partial charge in [0.1, 0.15) is 0 Å². The van der Waals surface area contributed by atoms with E-state index >= 15 is 0 Å². The average Bonchev–Trinajstić information content (AvgIpc) is 3.17. The predicted molar refractivity (Wildman–Crippen MR) is 99.4 cm³/mol. The van der Waals surface area contributed by atoms with Crippen LogP contribution in [0.25, 0.3) is 0 Å². The van der Waals surface area contributed by atoms with Gasteiger partial charge in [-0.25, -0.2) is 0 Å². The van der Waals surface area contributed by atoms with E-state index in [0.29, 0.717) is 30.3 Å². The summed E-state index contributed by atoms with van der Waals surface area (Å²) in [7, 11) is 0. The average molecular weight is 350 g/mol. The molecule has 0 radical (unpaired) electrons. The van der Waals surface area contributed by atoms with Gasteiger partial charge in [0.25, 0.3) is 0 Å². The van der Waals surface area contributed by atoms with Crippen LogP contribution >= 0.6 is 0 Å². The number of aliphatic hydroxyl groups excluding tert-OH is 1. The van der Waals surface area contributed by atoms with Crippen molar-refractivity contribution in [2.24, 2.45) is 17.8 Å². The molecule has 2 rings (SSSR count). The molecule has 1 heterocycles. The second-order valence-corrected chi connectivity index (χ2v) is 7.55. The minimum absolute atomic E-state index is 0.244. The standard InChI is InChI=1S/C21H34O4/c1-2-3-6-9-17(22)12-13-19-18(16-14-20(19)25-15-16)10-7-4-5-8-11-21(23)24/h4,7,12-13,16-20,22H,2-3,5-6,8-11,14-15H2,1H3,(H,23,24)/b7-4+,13-12+. The Morgan fingerprint density at radius 2 is 2.12 bits per heavy atom. The Hall–Kier alpha value is -1.13. The molecular formula is C21H34O4. The van der Waals surface area contributed by atoms with Crippen LogP contribution in [-0.2, 0) is 9.53 Å². The number of rotatable bonds is 12. The van der Waals surface area contributed by atoms with Crippen LogP contribution in [-0.4, -0.2) is 35.0 Å². The van der Waals surface area contributed by atoms with E-state index in [0.717, 1.165) is 38.7 Å². The monoisotopic (exact) mass is 350 g/mol. The Kier molecular flexibility index (Phi) is 8.70. The Labute approximate surface area is 152 Å². The van der Waals surface area contributed by atoms with Crippen LogP contribution in [0.4, 0.5) is 0 Å². The molecule has 1 aliphatic heterocycles. The summed E-state index contributed by atoms with van der Waals surface area (Å²) >= 11 is 0. The number of hydrogen-bond acceptors (Lipinski definition) is 3. The molecule has 2 aliphatic rings. The van der Waals surface area contributed by atoms with Crippen molar-refractivity contribution >= 4 is 5.97 Å². The smallest absolute Gasteiger partial charge is 0.303 e. The van der Waals surface area contributed by atoms with Gasteiger partial charge < -0.3 is 14.9 Å². The summed E-state index contributed by atoms with van der Waals surface area (Å²) in [5.74, 6) is 0.902. The number of aliphatic hydroxyl groups is 1. The Morgan fingerprint density at radius 3 is 2.88 bits per heavy atom. The minimum atomic E-state index is -0.721. The highest BCUT2D eigenvalue weighted by molar-refractivity contribution is 5.66. The molecule has 5 unspecified atom stereocenters. The van der Waals surface area contributed by atoms with Gasteiger partial charge in [-0.05, 0) is 43.9 Å². The molecular weight excluding hydrogens is 316 g/mol. The predicted octanol–water partition coefficient (Wildman–Crippen LogP) is 4.34. The zero-order valence-electron chi connectivity index (χ0n) is 15.5. The van der Waals surface area contributed by atoms with Crippen LogP contribution in [0.15, 0.2) is 24.3 Å². The van der Waals surface area contributed by atoms with Crippen molar-refractivity contribution in [3.63, 3.8) is 0 Å². The van der Waals surface area contributed by atoms with Crippen molar-refractivity contribution in [1.29, 1.82) is 0 Å². The number of hydrogen-bond donors (Lipinski definition) is 2. The molecule has 2 N–H and O–H groups in total. The zero-order valence-corrected chi connectivity index (χ0v) is 15.5. The maximum Gasteiger partial charge on any atom is 0.303 e. The first-order valence-corrected chi connectivity index (χ1v) is 9.96. The van der Waals surface area contributed by atoms with Crippen molar-refractivity contribution in [2.75, 3.05) is 6.61 Å². The van der Waals surface area contributed by atoms with Gasteiger partial charge in [0.2, 0.25) is 0 Å². The van der Waals surface area contributed by atoms with E-state index in [4.69, 9.17) is 9.84 Å². The second-order valence-electron chi connectivity index (χ2n) is 7.55. The maximum absolute atomic E-state index is 10.5. The fourth-order valence-corrected chi connectivity index (χ4v) is 4.15. The highest BCUT2D eigenvalue weighted by atomic mass is 16.5. The summed E-state index contributed by atoms with van der Waals surface area (Å²) in [4.78, 5) is 10.5. The van der Waals surface area contributed by atoms with E-state index in [-0.39, 0.29) is 12.5 Å². The van der Waals surface area contributed by atoms with Crippen LogP contribution < -0.4 is 0 Å². The van der Waals surface area contributed by atoms with E-state index < -0.39 is 5.97 Å². The number of carboxylic acid groups (broad SMARTS) is 1. The van der Waals surface area contributed by atoms with Gasteiger partial charge in [-0.15, -0.1) is 0 Å². The maximum atomic E-state index is 10.5. The molecule has 0 aromatic carbocycles. The van der Waals surface area contributed by atoms with Crippen molar-refractivity contribution in [3.05, 3.63) is 24.3 Å². The first-order chi connectivity index (χ1) is 12.1. The van der Waals surface area contributed by atoms with Gasteiger partial charge >= 0.3 is 5.97 Å². The molecule has 0 aromatic heterocycles. The molecule has 1 saturated heterocycles. The summed E-state index contributed by atoms with van der Waals surface area (Å²) < 4.78 is 5.87. The van der Waals surface area contributed by atoms with Gasteiger partial charge in [0.05, 0.1) is 18.8 Å². The van der Waals surface area contributed by atoms with E-state index in [1.54, 1.807) is 0 Å². The lowest BCUT2D eigenvalue weighted by molar-refractivity contribution is -0.137. The molecule has 2 fully saturated rings. The molecule has 0 aromatic rings. The van der Waals surface area contributed by atoms with Crippen LogP contribution in [0.1, 0.15) is 64.7 Å². The molecule has 1 aliphatic carbocycles. The van der Waals surface area contributed by atoms with Crippen LogP contribution in [0.5, 0.6) is 0 Å². The Bertz CT molecular complexity index is 457. The zero-order chi connectivity index (χ0) is 18.1. The van der Waals surface area contributed by atoms with Gasteiger partial charge in [-0.2, -0.15) is 0 Å². The number of fused-ring (bicyclic) bond motifs is 2. The van der Waals surface area contributed by atoms with E-state index in [2.05, 4.69) is 25.2 Å². The lowest BCUT2D eigenvalue weighted by Gasteiger charge is -2.28. The van der Waals surface area contributed by atoms with Crippen LogP contribution in [0.2, 0.25) is 0 Å². The van der Waals surface area contributed by atoms with Gasteiger partial charge in [-0.1, -0.05) is 50.5 Å². The van der Waals surface area contributed by atoms with E-state index in [1.807, 2.05) is 6.08 Å². The Balaban J connectivity index is 1.78. The second kappa shape index (κ2) is 10.8. The number of ether oxygens (including phenoxy) is 1. The number of unbranched alkanes of at least 4 members (excludes halogenated alkanes) is 3. The first kappa shape index (κ1) is 20.2. The number of carboxylic acids is 1. The molecule has 1 saturated carbocycles.